The first kappa shape index (κ1) is 11.6. The van der Waals surface area contributed by atoms with Crippen LogP contribution in [0.15, 0.2) is 18.3 Å². The van der Waals surface area contributed by atoms with Crippen molar-refractivity contribution >= 4 is 0 Å². The first-order chi connectivity index (χ1) is 7.72. The standard InChI is InChI=1S/C13H20N2O/c1-9(2)12(8-16)15-11-6-5-10-4-3-7-14-13(10)11/h3-4,7,9,11-12,15-16H,5-6,8H2,1-2H3. The minimum atomic E-state index is 0.165. The first-order valence-electron chi connectivity index (χ1n) is 6.03. The zero-order valence-electron chi connectivity index (χ0n) is 9.98. The monoisotopic (exact) mass is 220 g/mol. The molecule has 0 saturated heterocycles. The van der Waals surface area contributed by atoms with Gasteiger partial charge in [0.1, 0.15) is 0 Å². The van der Waals surface area contributed by atoms with Crippen LogP contribution in [0.2, 0.25) is 0 Å². The predicted molar refractivity (Wildman–Crippen MR) is 64.1 cm³/mol. The zero-order valence-corrected chi connectivity index (χ0v) is 9.98. The number of fused-ring (bicyclic) bond motifs is 1. The number of nitrogens with one attached hydrogen (secondary N) is 1. The summed E-state index contributed by atoms with van der Waals surface area (Å²) in [7, 11) is 0. The molecule has 1 aliphatic carbocycles. The Bertz CT molecular complexity index is 352. The van der Waals surface area contributed by atoms with Crippen LogP contribution in [0.3, 0.4) is 0 Å². The van der Waals surface area contributed by atoms with Gasteiger partial charge in [0.25, 0.3) is 0 Å². The van der Waals surface area contributed by atoms with Gasteiger partial charge in [0.05, 0.1) is 18.3 Å². The second kappa shape index (κ2) is 4.93. The third kappa shape index (κ3) is 2.25. The van der Waals surface area contributed by atoms with Crippen LogP contribution >= 0.6 is 0 Å². The molecule has 2 N–H and O–H groups in total. The smallest absolute Gasteiger partial charge is 0.0605 e. The highest BCUT2D eigenvalue weighted by molar-refractivity contribution is 5.28. The summed E-state index contributed by atoms with van der Waals surface area (Å²) in [5.74, 6) is 0.442. The number of pyridine rings is 1. The van der Waals surface area contributed by atoms with Gasteiger partial charge in [-0.3, -0.25) is 4.98 Å². The van der Waals surface area contributed by atoms with E-state index in [0.717, 1.165) is 12.8 Å². The van der Waals surface area contributed by atoms with Crippen LogP contribution < -0.4 is 5.32 Å². The Kier molecular flexibility index (Phi) is 3.56. The highest BCUT2D eigenvalue weighted by Gasteiger charge is 2.26. The molecule has 1 aliphatic rings. The van der Waals surface area contributed by atoms with Gasteiger partial charge in [-0.2, -0.15) is 0 Å². The fourth-order valence-corrected chi connectivity index (χ4v) is 2.29. The average molecular weight is 220 g/mol. The summed E-state index contributed by atoms with van der Waals surface area (Å²) in [5, 5.41) is 12.8. The summed E-state index contributed by atoms with van der Waals surface area (Å²) in [6, 6.07) is 4.62. The van der Waals surface area contributed by atoms with E-state index in [2.05, 4.69) is 30.2 Å². The van der Waals surface area contributed by atoms with Gasteiger partial charge in [-0.1, -0.05) is 19.9 Å². The summed E-state index contributed by atoms with van der Waals surface area (Å²) in [6.45, 7) is 4.45. The number of aliphatic hydroxyl groups excluding tert-OH is 1. The van der Waals surface area contributed by atoms with Crippen molar-refractivity contribution in [3.05, 3.63) is 29.6 Å². The highest BCUT2D eigenvalue weighted by atomic mass is 16.3. The van der Waals surface area contributed by atoms with Crippen molar-refractivity contribution in [2.24, 2.45) is 5.92 Å². The third-order valence-electron chi connectivity index (χ3n) is 3.38. The molecule has 0 fully saturated rings. The number of aromatic nitrogens is 1. The molecule has 3 heteroatoms. The molecule has 1 heterocycles. The quantitative estimate of drug-likeness (QED) is 0.811. The van der Waals surface area contributed by atoms with Gasteiger partial charge in [-0.25, -0.2) is 0 Å². The Morgan fingerprint density at radius 1 is 1.56 bits per heavy atom. The second-order valence-electron chi connectivity index (χ2n) is 4.84. The molecule has 0 amide bonds. The van der Waals surface area contributed by atoms with E-state index in [9.17, 15) is 5.11 Å². The first-order valence-corrected chi connectivity index (χ1v) is 6.03. The van der Waals surface area contributed by atoms with Crippen molar-refractivity contribution in [3.8, 4) is 0 Å². The van der Waals surface area contributed by atoms with E-state index in [1.807, 2.05) is 12.3 Å². The van der Waals surface area contributed by atoms with E-state index in [1.165, 1.54) is 11.3 Å². The lowest BCUT2D eigenvalue weighted by molar-refractivity contribution is 0.198. The fraction of sp³-hybridized carbons (Fsp3) is 0.615. The maximum atomic E-state index is 9.32. The van der Waals surface area contributed by atoms with Gasteiger partial charge >= 0.3 is 0 Å². The number of hydrogen-bond donors (Lipinski definition) is 2. The lowest BCUT2D eigenvalue weighted by Crippen LogP contribution is -2.39. The van der Waals surface area contributed by atoms with Gasteiger partial charge in [-0.15, -0.1) is 0 Å². The van der Waals surface area contributed by atoms with Gasteiger partial charge in [0, 0.05) is 12.2 Å². The van der Waals surface area contributed by atoms with Crippen LogP contribution in [0.5, 0.6) is 0 Å². The van der Waals surface area contributed by atoms with Crippen molar-refractivity contribution in [2.75, 3.05) is 6.61 Å². The number of rotatable bonds is 4. The molecular formula is C13H20N2O. The van der Waals surface area contributed by atoms with Gasteiger partial charge in [0.15, 0.2) is 0 Å². The molecule has 2 atom stereocenters. The summed E-state index contributed by atoms with van der Waals surface area (Å²) in [4.78, 5) is 4.44. The van der Waals surface area contributed by atoms with Crippen molar-refractivity contribution < 1.29 is 5.11 Å². The van der Waals surface area contributed by atoms with E-state index in [-0.39, 0.29) is 12.6 Å². The molecule has 0 saturated carbocycles. The minimum Gasteiger partial charge on any atom is -0.395 e. The molecule has 3 nitrogen and oxygen atoms in total. The molecule has 1 aromatic rings. The zero-order chi connectivity index (χ0) is 11.5. The van der Waals surface area contributed by atoms with E-state index < -0.39 is 0 Å². The second-order valence-corrected chi connectivity index (χ2v) is 4.84. The van der Waals surface area contributed by atoms with Crippen molar-refractivity contribution in [3.63, 3.8) is 0 Å². The number of aliphatic hydroxyl groups is 1. The minimum absolute atomic E-state index is 0.165. The highest BCUT2D eigenvalue weighted by Crippen LogP contribution is 2.29. The maximum Gasteiger partial charge on any atom is 0.0605 e. The summed E-state index contributed by atoms with van der Waals surface area (Å²) in [6.07, 6.45) is 4.04. The van der Waals surface area contributed by atoms with Crippen LogP contribution in [0.4, 0.5) is 0 Å². The molecule has 0 aliphatic heterocycles. The van der Waals surface area contributed by atoms with Gasteiger partial charge in [0.2, 0.25) is 0 Å². The fourth-order valence-electron chi connectivity index (χ4n) is 2.29. The third-order valence-corrected chi connectivity index (χ3v) is 3.38. The summed E-state index contributed by atoms with van der Waals surface area (Å²) >= 11 is 0. The molecule has 16 heavy (non-hydrogen) atoms. The molecule has 0 aromatic carbocycles. The van der Waals surface area contributed by atoms with Crippen LogP contribution in [0.1, 0.15) is 37.6 Å². The predicted octanol–water partition coefficient (Wildman–Crippen LogP) is 1.68. The molecule has 1 aromatic heterocycles. The van der Waals surface area contributed by atoms with Crippen LogP contribution in [-0.4, -0.2) is 22.7 Å². The van der Waals surface area contributed by atoms with E-state index >= 15 is 0 Å². The average Bonchev–Trinajstić information content (AvgIpc) is 2.69. The number of aryl methyl sites for hydroxylation is 1. The summed E-state index contributed by atoms with van der Waals surface area (Å²) in [5.41, 5.74) is 2.52. The lowest BCUT2D eigenvalue weighted by Gasteiger charge is -2.24. The van der Waals surface area contributed by atoms with E-state index in [1.54, 1.807) is 0 Å². The van der Waals surface area contributed by atoms with Gasteiger partial charge < -0.3 is 10.4 Å². The van der Waals surface area contributed by atoms with Crippen molar-refractivity contribution in [1.29, 1.82) is 0 Å². The molecule has 2 unspecified atom stereocenters. The van der Waals surface area contributed by atoms with E-state index in [4.69, 9.17) is 0 Å². The molecule has 0 bridgehead atoms. The lowest BCUT2D eigenvalue weighted by atomic mass is 10.0. The Morgan fingerprint density at radius 3 is 3.06 bits per heavy atom. The molecule has 0 radical (unpaired) electrons. The Hall–Kier alpha value is -0.930. The molecule has 0 spiro atoms. The molecule has 2 rings (SSSR count). The Morgan fingerprint density at radius 2 is 2.38 bits per heavy atom. The maximum absolute atomic E-state index is 9.32. The van der Waals surface area contributed by atoms with Crippen molar-refractivity contribution in [2.45, 2.75) is 38.8 Å². The van der Waals surface area contributed by atoms with Crippen LogP contribution in [0.25, 0.3) is 0 Å². The number of hydrogen-bond acceptors (Lipinski definition) is 3. The van der Waals surface area contributed by atoms with E-state index in [0.29, 0.717) is 12.0 Å². The summed E-state index contributed by atoms with van der Waals surface area (Å²) < 4.78 is 0. The van der Waals surface area contributed by atoms with Crippen LogP contribution in [0, 0.1) is 5.92 Å². The normalized spacial score (nSPS) is 21.1. The topological polar surface area (TPSA) is 45.1 Å². The van der Waals surface area contributed by atoms with Crippen LogP contribution in [-0.2, 0) is 6.42 Å². The van der Waals surface area contributed by atoms with Gasteiger partial charge in [-0.05, 0) is 30.4 Å². The Labute approximate surface area is 96.9 Å². The molecule has 88 valence electrons. The molecular weight excluding hydrogens is 200 g/mol. The largest absolute Gasteiger partial charge is 0.395 e. The number of nitrogens with zero attached hydrogens (tertiary/aromatic N) is 1. The SMILES string of the molecule is CC(C)C(CO)NC1CCc2cccnc21. The Balaban J connectivity index is 2.08. The van der Waals surface area contributed by atoms with Crippen molar-refractivity contribution in [1.82, 2.24) is 10.3 Å².